The Kier molecular flexibility index (Phi) is 7.55. The lowest BCUT2D eigenvalue weighted by atomic mass is 9.95. The van der Waals surface area contributed by atoms with Crippen LogP contribution in [0.3, 0.4) is 0 Å². The molecule has 0 radical (unpaired) electrons. The van der Waals surface area contributed by atoms with Gasteiger partial charge in [-0.2, -0.15) is 0 Å². The Bertz CT molecular complexity index is 1500. The molecule has 1 unspecified atom stereocenters. The number of nitrogens with zero attached hydrogens (tertiary/aromatic N) is 2. The SMILES string of the molecule is Cc1ccccc1COc1ccc(/C(O)=C2\C(=O)C(=O)N(Cc3ccncc3)C2c2ccc(I)cc2)cc1. The Morgan fingerprint density at radius 2 is 1.63 bits per heavy atom. The molecular weight excluding hydrogens is 591 g/mol. The Labute approximate surface area is 234 Å². The molecule has 1 N–H and O–H groups in total. The molecule has 4 aromatic rings. The second-order valence-electron chi connectivity index (χ2n) is 9.07. The summed E-state index contributed by atoms with van der Waals surface area (Å²) in [6.07, 6.45) is 3.29. The van der Waals surface area contributed by atoms with Crippen LogP contribution in [-0.2, 0) is 22.7 Å². The molecule has 38 heavy (non-hydrogen) atoms. The molecule has 6 nitrogen and oxygen atoms in total. The first-order valence-electron chi connectivity index (χ1n) is 12.1. The highest BCUT2D eigenvalue weighted by Crippen LogP contribution is 2.40. The van der Waals surface area contributed by atoms with E-state index in [0.717, 1.165) is 25.8 Å². The molecule has 0 aliphatic carbocycles. The summed E-state index contributed by atoms with van der Waals surface area (Å²) in [4.78, 5) is 32.0. The normalized spacial score (nSPS) is 16.6. The number of ketones is 1. The van der Waals surface area contributed by atoms with Crippen molar-refractivity contribution >= 4 is 40.0 Å². The molecule has 1 aromatic heterocycles. The van der Waals surface area contributed by atoms with Crippen LogP contribution in [0.4, 0.5) is 0 Å². The molecule has 5 rings (SSSR count). The summed E-state index contributed by atoms with van der Waals surface area (Å²) >= 11 is 2.21. The third kappa shape index (κ3) is 5.33. The van der Waals surface area contributed by atoms with Gasteiger partial charge < -0.3 is 14.7 Å². The van der Waals surface area contributed by atoms with Crippen LogP contribution in [0.15, 0.2) is 103 Å². The van der Waals surface area contributed by atoms with Crippen LogP contribution in [-0.4, -0.2) is 26.7 Å². The molecule has 1 fully saturated rings. The molecule has 1 atom stereocenters. The number of pyridine rings is 1. The molecule has 0 bridgehead atoms. The van der Waals surface area contributed by atoms with Gasteiger partial charge in [-0.05, 0) is 100 Å². The molecule has 1 saturated heterocycles. The second-order valence-corrected chi connectivity index (χ2v) is 10.3. The first kappa shape index (κ1) is 25.7. The highest BCUT2D eigenvalue weighted by atomic mass is 127. The van der Waals surface area contributed by atoms with Crippen molar-refractivity contribution < 1.29 is 19.4 Å². The minimum atomic E-state index is -0.725. The van der Waals surface area contributed by atoms with Crippen LogP contribution >= 0.6 is 22.6 Å². The van der Waals surface area contributed by atoms with Crippen LogP contribution < -0.4 is 4.74 Å². The maximum absolute atomic E-state index is 13.3. The number of amides is 1. The van der Waals surface area contributed by atoms with E-state index in [2.05, 4.69) is 27.6 Å². The number of benzene rings is 3. The van der Waals surface area contributed by atoms with Gasteiger partial charge in [0.2, 0.25) is 0 Å². The predicted molar refractivity (Wildman–Crippen MR) is 153 cm³/mol. The maximum Gasteiger partial charge on any atom is 0.295 e. The lowest BCUT2D eigenvalue weighted by Crippen LogP contribution is -2.29. The highest BCUT2D eigenvalue weighted by molar-refractivity contribution is 14.1. The quantitative estimate of drug-likeness (QED) is 0.116. The Hall–Kier alpha value is -3.98. The Morgan fingerprint density at radius 1 is 0.947 bits per heavy atom. The molecular formula is C31H25IN2O4. The summed E-state index contributed by atoms with van der Waals surface area (Å²) < 4.78 is 6.95. The number of hydrogen-bond acceptors (Lipinski definition) is 5. The van der Waals surface area contributed by atoms with E-state index < -0.39 is 17.7 Å². The van der Waals surface area contributed by atoms with Gasteiger partial charge in [0.15, 0.2) is 0 Å². The summed E-state index contributed by atoms with van der Waals surface area (Å²) in [5.41, 5.74) is 4.33. The van der Waals surface area contributed by atoms with E-state index in [1.165, 1.54) is 4.90 Å². The fourth-order valence-electron chi connectivity index (χ4n) is 4.52. The maximum atomic E-state index is 13.3. The van der Waals surface area contributed by atoms with Crippen LogP contribution in [0.2, 0.25) is 0 Å². The van der Waals surface area contributed by atoms with Gasteiger partial charge in [0.05, 0.1) is 11.6 Å². The van der Waals surface area contributed by atoms with E-state index in [1.807, 2.05) is 55.5 Å². The smallest absolute Gasteiger partial charge is 0.295 e. The minimum absolute atomic E-state index is 0.0684. The monoisotopic (exact) mass is 616 g/mol. The number of hydrogen-bond donors (Lipinski definition) is 1. The number of rotatable bonds is 7. The number of aryl methyl sites for hydroxylation is 1. The van der Waals surface area contributed by atoms with E-state index in [-0.39, 0.29) is 17.9 Å². The summed E-state index contributed by atoms with van der Waals surface area (Å²) in [7, 11) is 0. The molecule has 190 valence electrons. The lowest BCUT2D eigenvalue weighted by molar-refractivity contribution is -0.140. The van der Waals surface area contributed by atoms with Crippen molar-refractivity contribution in [3.63, 3.8) is 0 Å². The van der Waals surface area contributed by atoms with E-state index >= 15 is 0 Å². The summed E-state index contributed by atoms with van der Waals surface area (Å²) in [5.74, 6) is -0.934. The van der Waals surface area contributed by atoms with E-state index in [1.54, 1.807) is 48.8 Å². The summed E-state index contributed by atoms with van der Waals surface area (Å²) in [6.45, 7) is 2.67. The first-order chi connectivity index (χ1) is 18.4. The number of likely N-dealkylation sites (tertiary alicyclic amines) is 1. The molecule has 1 amide bonds. The van der Waals surface area contributed by atoms with Crippen molar-refractivity contribution in [2.75, 3.05) is 0 Å². The van der Waals surface area contributed by atoms with Gasteiger partial charge in [-0.1, -0.05) is 36.4 Å². The van der Waals surface area contributed by atoms with Gasteiger partial charge >= 0.3 is 0 Å². The molecule has 1 aliphatic rings. The van der Waals surface area contributed by atoms with Crippen molar-refractivity contribution in [1.82, 2.24) is 9.88 Å². The van der Waals surface area contributed by atoms with Crippen molar-refractivity contribution in [3.8, 4) is 5.75 Å². The van der Waals surface area contributed by atoms with Crippen LogP contribution in [0.25, 0.3) is 5.76 Å². The molecule has 3 aromatic carbocycles. The molecule has 0 spiro atoms. The fourth-order valence-corrected chi connectivity index (χ4v) is 4.88. The summed E-state index contributed by atoms with van der Waals surface area (Å²) in [6, 6.07) is 25.4. The number of carbonyl (C=O) groups excluding carboxylic acids is 2. The van der Waals surface area contributed by atoms with Gasteiger partial charge in [0.25, 0.3) is 11.7 Å². The van der Waals surface area contributed by atoms with Gasteiger partial charge in [-0.3, -0.25) is 14.6 Å². The number of carbonyl (C=O) groups is 2. The van der Waals surface area contributed by atoms with E-state index in [0.29, 0.717) is 17.9 Å². The minimum Gasteiger partial charge on any atom is -0.507 e. The zero-order valence-electron chi connectivity index (χ0n) is 20.7. The van der Waals surface area contributed by atoms with E-state index in [9.17, 15) is 14.7 Å². The van der Waals surface area contributed by atoms with Crippen LogP contribution in [0, 0.1) is 10.5 Å². The van der Waals surface area contributed by atoms with Gasteiger partial charge in [0.1, 0.15) is 18.1 Å². The molecule has 2 heterocycles. The zero-order chi connectivity index (χ0) is 26.6. The van der Waals surface area contributed by atoms with Crippen molar-refractivity contribution in [3.05, 3.63) is 134 Å². The molecule has 7 heteroatoms. The number of aromatic nitrogens is 1. The average Bonchev–Trinajstić information content (AvgIpc) is 3.18. The van der Waals surface area contributed by atoms with E-state index in [4.69, 9.17) is 4.74 Å². The average molecular weight is 616 g/mol. The Balaban J connectivity index is 1.47. The highest BCUT2D eigenvalue weighted by Gasteiger charge is 2.46. The topological polar surface area (TPSA) is 79.7 Å². The largest absolute Gasteiger partial charge is 0.507 e. The third-order valence-corrected chi connectivity index (χ3v) is 7.33. The standard InChI is InChI=1S/C31H25IN2O4/c1-20-4-2-3-5-24(20)19-38-26-12-8-23(9-13-26)29(35)27-28(22-6-10-25(32)11-7-22)34(31(37)30(27)36)18-21-14-16-33-17-15-21/h2-17,28,35H,18-19H2,1H3/b29-27+. The number of halogens is 1. The number of aliphatic hydroxyl groups is 1. The van der Waals surface area contributed by atoms with Crippen LogP contribution in [0.1, 0.15) is 33.9 Å². The fraction of sp³-hybridized carbons (Fsp3) is 0.129. The second kappa shape index (κ2) is 11.2. The predicted octanol–water partition coefficient (Wildman–Crippen LogP) is 6.20. The lowest BCUT2D eigenvalue weighted by Gasteiger charge is -2.25. The third-order valence-electron chi connectivity index (χ3n) is 6.61. The van der Waals surface area contributed by atoms with Crippen molar-refractivity contribution in [1.29, 1.82) is 0 Å². The Morgan fingerprint density at radius 3 is 2.32 bits per heavy atom. The van der Waals surface area contributed by atoms with Crippen LogP contribution in [0.5, 0.6) is 5.75 Å². The summed E-state index contributed by atoms with van der Waals surface area (Å²) in [5, 5.41) is 11.3. The number of ether oxygens (including phenoxy) is 1. The van der Waals surface area contributed by atoms with Gasteiger partial charge in [-0.25, -0.2) is 0 Å². The first-order valence-corrected chi connectivity index (χ1v) is 13.2. The number of Topliss-reactive ketones (excluding diaryl/α,β-unsaturated/α-hetero) is 1. The zero-order valence-corrected chi connectivity index (χ0v) is 22.8. The van der Waals surface area contributed by atoms with Crippen molar-refractivity contribution in [2.24, 2.45) is 0 Å². The number of aliphatic hydroxyl groups excluding tert-OH is 1. The molecule has 0 saturated carbocycles. The van der Waals surface area contributed by atoms with Gasteiger partial charge in [-0.15, -0.1) is 0 Å². The van der Waals surface area contributed by atoms with Crippen molar-refractivity contribution in [2.45, 2.75) is 26.1 Å². The van der Waals surface area contributed by atoms with Gasteiger partial charge in [0, 0.05) is 28.1 Å². The molecule has 1 aliphatic heterocycles.